The van der Waals surface area contributed by atoms with Crippen LogP contribution in [0.5, 0.6) is 0 Å². The van der Waals surface area contributed by atoms with Crippen LogP contribution in [0.2, 0.25) is 0 Å². The summed E-state index contributed by atoms with van der Waals surface area (Å²) in [4.78, 5) is 16.8. The largest absolute Gasteiger partial charge is 0.278 e. The van der Waals surface area contributed by atoms with Crippen molar-refractivity contribution in [2.24, 2.45) is 0 Å². The second kappa shape index (κ2) is 5.68. The van der Waals surface area contributed by atoms with Gasteiger partial charge in [-0.3, -0.25) is 9.20 Å². The van der Waals surface area contributed by atoms with Crippen LogP contribution in [0.4, 0.5) is 0 Å². The van der Waals surface area contributed by atoms with Crippen molar-refractivity contribution in [2.45, 2.75) is 24.9 Å². The average Bonchev–Trinajstić information content (AvgIpc) is 2.97. The zero-order valence-corrected chi connectivity index (χ0v) is 13.9. The maximum absolute atomic E-state index is 12.5. The first-order chi connectivity index (χ1) is 11.6. The van der Waals surface area contributed by atoms with Crippen LogP contribution in [-0.2, 0) is 5.88 Å². The third-order valence-electron chi connectivity index (χ3n) is 3.61. The lowest BCUT2D eigenvalue weighted by atomic mass is 10.2. The van der Waals surface area contributed by atoms with Gasteiger partial charge in [0.15, 0.2) is 5.16 Å². The van der Waals surface area contributed by atoms with Gasteiger partial charge in [-0.05, 0) is 32.0 Å². The molecule has 8 nitrogen and oxygen atoms in total. The topological polar surface area (TPSA) is 90.9 Å². The maximum Gasteiger partial charge on any atom is 0.278 e. The van der Waals surface area contributed by atoms with Gasteiger partial charge in [0.2, 0.25) is 0 Å². The van der Waals surface area contributed by atoms with Crippen LogP contribution < -0.4 is 5.56 Å². The van der Waals surface area contributed by atoms with Gasteiger partial charge < -0.3 is 0 Å². The molecule has 24 heavy (non-hydrogen) atoms. The van der Waals surface area contributed by atoms with Crippen LogP contribution in [-0.4, -0.2) is 34.6 Å². The molecule has 3 aromatic heterocycles. The van der Waals surface area contributed by atoms with Crippen molar-refractivity contribution < 1.29 is 0 Å². The monoisotopic (exact) mass is 339 g/mol. The fourth-order valence-corrected chi connectivity index (χ4v) is 3.38. The van der Waals surface area contributed by atoms with Crippen molar-refractivity contribution in [2.75, 3.05) is 0 Å². The van der Waals surface area contributed by atoms with E-state index < -0.39 is 0 Å². The highest BCUT2D eigenvalue weighted by Crippen LogP contribution is 2.19. The summed E-state index contributed by atoms with van der Waals surface area (Å²) in [5.74, 6) is 0.845. The molecule has 0 amide bonds. The highest BCUT2D eigenvalue weighted by Gasteiger charge is 2.12. The van der Waals surface area contributed by atoms with Gasteiger partial charge >= 0.3 is 0 Å². The second-order valence-electron chi connectivity index (χ2n) is 5.34. The molecule has 0 aliphatic carbocycles. The van der Waals surface area contributed by atoms with Crippen LogP contribution in [0.1, 0.15) is 11.4 Å². The standard InChI is InChI=1S/C15H13N7OS/c1-9-7-10(2)22-14(16-9)18-19-15(22)24-8-21-13(23)11-5-3-4-6-12(11)17-20-21/h3-7H,8H2,1-2H3. The summed E-state index contributed by atoms with van der Waals surface area (Å²) in [7, 11) is 0. The van der Waals surface area contributed by atoms with Crippen molar-refractivity contribution in [3.05, 3.63) is 52.1 Å². The van der Waals surface area contributed by atoms with E-state index in [0.29, 0.717) is 27.7 Å². The van der Waals surface area contributed by atoms with Crippen LogP contribution >= 0.6 is 11.8 Å². The number of hydrogen-bond donors (Lipinski definition) is 0. The molecule has 0 aliphatic heterocycles. The highest BCUT2D eigenvalue weighted by atomic mass is 32.2. The predicted molar refractivity (Wildman–Crippen MR) is 89.9 cm³/mol. The maximum atomic E-state index is 12.5. The first-order valence-corrected chi connectivity index (χ1v) is 8.27. The Hall–Kier alpha value is -2.81. The van der Waals surface area contributed by atoms with E-state index in [2.05, 4.69) is 25.5 Å². The molecular weight excluding hydrogens is 326 g/mol. The Balaban J connectivity index is 1.69. The molecule has 0 atom stereocenters. The molecule has 0 saturated heterocycles. The SMILES string of the molecule is Cc1cc(C)n2c(SCn3nnc4ccccc4c3=O)nnc2n1. The Morgan fingerprint density at radius 2 is 1.96 bits per heavy atom. The molecule has 0 N–H and O–H groups in total. The minimum atomic E-state index is -0.174. The molecule has 0 radical (unpaired) electrons. The molecule has 0 unspecified atom stereocenters. The van der Waals surface area contributed by atoms with Gasteiger partial charge in [-0.1, -0.05) is 29.1 Å². The van der Waals surface area contributed by atoms with Gasteiger partial charge in [0.25, 0.3) is 11.3 Å². The summed E-state index contributed by atoms with van der Waals surface area (Å²) in [6.45, 7) is 3.88. The smallest absolute Gasteiger partial charge is 0.267 e. The lowest BCUT2D eigenvalue weighted by Crippen LogP contribution is -2.23. The van der Waals surface area contributed by atoms with E-state index in [1.807, 2.05) is 36.4 Å². The minimum absolute atomic E-state index is 0.174. The Morgan fingerprint density at radius 3 is 2.83 bits per heavy atom. The summed E-state index contributed by atoms with van der Waals surface area (Å²) in [6, 6.07) is 9.12. The van der Waals surface area contributed by atoms with Gasteiger partial charge in [0.05, 0.1) is 11.3 Å². The lowest BCUT2D eigenvalue weighted by Gasteiger charge is -2.05. The lowest BCUT2D eigenvalue weighted by molar-refractivity contribution is 0.643. The van der Waals surface area contributed by atoms with E-state index >= 15 is 0 Å². The summed E-state index contributed by atoms with van der Waals surface area (Å²) in [5, 5.41) is 17.5. The average molecular weight is 339 g/mol. The molecule has 0 spiro atoms. The Labute approximate surface area is 140 Å². The van der Waals surface area contributed by atoms with Crippen LogP contribution in [0.3, 0.4) is 0 Å². The van der Waals surface area contributed by atoms with Gasteiger partial charge in [-0.15, -0.1) is 15.3 Å². The molecule has 0 saturated carbocycles. The molecule has 0 fully saturated rings. The number of rotatable bonds is 3. The molecule has 0 bridgehead atoms. The highest BCUT2D eigenvalue weighted by molar-refractivity contribution is 7.98. The molecule has 3 heterocycles. The molecule has 1 aromatic carbocycles. The van der Waals surface area contributed by atoms with E-state index in [4.69, 9.17) is 0 Å². The third kappa shape index (κ3) is 2.42. The first kappa shape index (κ1) is 14.8. The number of hydrogen-bond acceptors (Lipinski definition) is 7. The van der Waals surface area contributed by atoms with Crippen LogP contribution in [0.15, 0.2) is 40.3 Å². The summed E-state index contributed by atoms with van der Waals surface area (Å²) in [5.41, 5.74) is 2.29. The fourth-order valence-electron chi connectivity index (χ4n) is 2.52. The zero-order valence-electron chi connectivity index (χ0n) is 13.0. The van der Waals surface area contributed by atoms with Crippen LogP contribution in [0.25, 0.3) is 16.7 Å². The number of nitrogens with zero attached hydrogens (tertiary/aromatic N) is 7. The Morgan fingerprint density at radius 1 is 1.12 bits per heavy atom. The Kier molecular flexibility index (Phi) is 3.49. The fraction of sp³-hybridized carbons (Fsp3) is 0.200. The van der Waals surface area contributed by atoms with Crippen molar-refractivity contribution in [1.29, 1.82) is 0 Å². The normalized spacial score (nSPS) is 11.4. The van der Waals surface area contributed by atoms with Crippen molar-refractivity contribution >= 4 is 28.4 Å². The summed E-state index contributed by atoms with van der Waals surface area (Å²) in [6.07, 6.45) is 0. The van der Waals surface area contributed by atoms with Crippen molar-refractivity contribution in [1.82, 2.24) is 34.6 Å². The number of aromatic nitrogens is 7. The third-order valence-corrected chi connectivity index (χ3v) is 4.50. The molecule has 9 heteroatoms. The molecule has 0 aliphatic rings. The van der Waals surface area contributed by atoms with E-state index in [1.54, 1.807) is 12.1 Å². The van der Waals surface area contributed by atoms with Crippen molar-refractivity contribution in [3.8, 4) is 0 Å². The number of thioether (sulfide) groups is 1. The second-order valence-corrected chi connectivity index (χ2v) is 6.25. The van der Waals surface area contributed by atoms with Gasteiger partial charge in [0, 0.05) is 11.4 Å². The van der Waals surface area contributed by atoms with E-state index in [9.17, 15) is 4.79 Å². The van der Waals surface area contributed by atoms with Gasteiger partial charge in [-0.2, -0.15) is 4.68 Å². The molecular formula is C15H13N7OS. The van der Waals surface area contributed by atoms with Gasteiger partial charge in [0.1, 0.15) is 5.52 Å². The van der Waals surface area contributed by atoms with E-state index in [0.717, 1.165) is 11.4 Å². The summed E-state index contributed by atoms with van der Waals surface area (Å²) < 4.78 is 3.18. The minimum Gasteiger partial charge on any atom is -0.267 e. The predicted octanol–water partition coefficient (Wildman–Crippen LogP) is 1.60. The van der Waals surface area contributed by atoms with E-state index in [1.165, 1.54) is 16.4 Å². The first-order valence-electron chi connectivity index (χ1n) is 7.28. The molecule has 120 valence electrons. The van der Waals surface area contributed by atoms with Crippen LogP contribution in [0, 0.1) is 13.8 Å². The Bertz CT molecular complexity index is 1120. The zero-order chi connectivity index (χ0) is 16.7. The van der Waals surface area contributed by atoms with E-state index in [-0.39, 0.29) is 5.56 Å². The summed E-state index contributed by atoms with van der Waals surface area (Å²) >= 11 is 1.36. The number of aryl methyl sites for hydroxylation is 2. The van der Waals surface area contributed by atoms with Crippen molar-refractivity contribution in [3.63, 3.8) is 0 Å². The quantitative estimate of drug-likeness (QED) is 0.524. The molecule has 4 rings (SSSR count). The number of fused-ring (bicyclic) bond motifs is 2. The number of benzene rings is 1. The molecule has 4 aromatic rings. The van der Waals surface area contributed by atoms with Gasteiger partial charge in [-0.25, -0.2) is 4.98 Å².